The van der Waals surface area contributed by atoms with Gasteiger partial charge >= 0.3 is 0 Å². The number of aryl methyl sites for hydroxylation is 1. The molecule has 0 fully saturated rings. The SMILES string of the molecule is Cc1cc(F)ccc1-n1nc(Cl)c2c1CCN(Cc1ccccc1)C2. The van der Waals surface area contributed by atoms with Crippen LogP contribution < -0.4 is 0 Å². The number of hydrogen-bond donors (Lipinski definition) is 0. The molecule has 5 heteroatoms. The highest BCUT2D eigenvalue weighted by molar-refractivity contribution is 6.30. The van der Waals surface area contributed by atoms with Gasteiger partial charge in [0.05, 0.1) is 11.4 Å². The van der Waals surface area contributed by atoms with Crippen molar-refractivity contribution in [2.75, 3.05) is 6.54 Å². The Kier molecular flexibility index (Phi) is 4.32. The molecule has 3 nitrogen and oxygen atoms in total. The number of fused-ring (bicyclic) bond motifs is 1. The molecule has 0 N–H and O–H groups in total. The predicted octanol–water partition coefficient (Wildman–Crippen LogP) is 4.53. The minimum atomic E-state index is -0.234. The lowest BCUT2D eigenvalue weighted by atomic mass is 10.1. The molecule has 1 aliphatic rings. The van der Waals surface area contributed by atoms with Crippen LogP contribution >= 0.6 is 11.6 Å². The molecule has 1 aromatic heterocycles. The molecule has 2 aromatic carbocycles. The average Bonchev–Trinajstić information content (AvgIpc) is 2.92. The van der Waals surface area contributed by atoms with Gasteiger partial charge in [-0.15, -0.1) is 0 Å². The summed E-state index contributed by atoms with van der Waals surface area (Å²) < 4.78 is 15.3. The van der Waals surface area contributed by atoms with E-state index in [1.54, 1.807) is 6.07 Å². The summed E-state index contributed by atoms with van der Waals surface area (Å²) in [6.45, 7) is 4.52. The van der Waals surface area contributed by atoms with E-state index in [9.17, 15) is 4.39 Å². The topological polar surface area (TPSA) is 21.1 Å². The van der Waals surface area contributed by atoms with E-state index >= 15 is 0 Å². The fourth-order valence-corrected chi connectivity index (χ4v) is 3.71. The van der Waals surface area contributed by atoms with E-state index in [1.807, 2.05) is 17.7 Å². The average molecular weight is 356 g/mol. The van der Waals surface area contributed by atoms with Gasteiger partial charge in [-0.1, -0.05) is 41.9 Å². The highest BCUT2D eigenvalue weighted by atomic mass is 35.5. The van der Waals surface area contributed by atoms with Crippen molar-refractivity contribution in [2.45, 2.75) is 26.4 Å². The summed E-state index contributed by atoms with van der Waals surface area (Å²) in [7, 11) is 0. The first-order valence-electron chi connectivity index (χ1n) is 8.41. The Morgan fingerprint density at radius 1 is 1.16 bits per heavy atom. The van der Waals surface area contributed by atoms with E-state index in [0.717, 1.165) is 48.6 Å². The zero-order chi connectivity index (χ0) is 17.4. The Bertz CT molecular complexity index is 905. The van der Waals surface area contributed by atoms with Gasteiger partial charge in [0.25, 0.3) is 0 Å². The third kappa shape index (κ3) is 3.20. The summed E-state index contributed by atoms with van der Waals surface area (Å²) in [5.41, 5.74) is 5.25. The Hall–Kier alpha value is -2.17. The molecule has 2 heterocycles. The van der Waals surface area contributed by atoms with Crippen molar-refractivity contribution in [3.8, 4) is 5.69 Å². The molecule has 128 valence electrons. The molecular formula is C20H19ClFN3. The molecule has 25 heavy (non-hydrogen) atoms. The fourth-order valence-electron chi connectivity index (χ4n) is 3.47. The fraction of sp³-hybridized carbons (Fsp3) is 0.250. The largest absolute Gasteiger partial charge is 0.294 e. The van der Waals surface area contributed by atoms with Gasteiger partial charge in [-0.25, -0.2) is 9.07 Å². The first kappa shape index (κ1) is 16.3. The van der Waals surface area contributed by atoms with E-state index in [-0.39, 0.29) is 5.82 Å². The number of hydrogen-bond acceptors (Lipinski definition) is 2. The van der Waals surface area contributed by atoms with Gasteiger partial charge in [0, 0.05) is 31.6 Å². The number of halogens is 2. The van der Waals surface area contributed by atoms with Crippen LogP contribution in [0.5, 0.6) is 0 Å². The van der Waals surface area contributed by atoms with Crippen LogP contribution in [0, 0.1) is 12.7 Å². The van der Waals surface area contributed by atoms with Crippen molar-refractivity contribution >= 4 is 11.6 Å². The van der Waals surface area contributed by atoms with Crippen LogP contribution in [-0.2, 0) is 19.5 Å². The van der Waals surface area contributed by atoms with Crippen molar-refractivity contribution in [2.24, 2.45) is 0 Å². The van der Waals surface area contributed by atoms with E-state index in [2.05, 4.69) is 34.3 Å². The first-order valence-corrected chi connectivity index (χ1v) is 8.78. The highest BCUT2D eigenvalue weighted by Crippen LogP contribution is 2.30. The van der Waals surface area contributed by atoms with E-state index in [1.165, 1.54) is 17.7 Å². The van der Waals surface area contributed by atoms with Crippen LogP contribution in [0.1, 0.15) is 22.4 Å². The quantitative estimate of drug-likeness (QED) is 0.688. The van der Waals surface area contributed by atoms with Crippen molar-refractivity contribution in [1.29, 1.82) is 0 Å². The Balaban J connectivity index is 1.63. The van der Waals surface area contributed by atoms with E-state index in [4.69, 9.17) is 11.6 Å². The third-order valence-electron chi connectivity index (χ3n) is 4.72. The molecule has 3 aromatic rings. The van der Waals surface area contributed by atoms with Gasteiger partial charge in [-0.3, -0.25) is 4.90 Å². The maximum Gasteiger partial charge on any atom is 0.156 e. The molecule has 1 aliphatic heterocycles. The summed E-state index contributed by atoms with van der Waals surface area (Å²) in [5.74, 6) is -0.234. The molecule has 0 amide bonds. The summed E-state index contributed by atoms with van der Waals surface area (Å²) >= 11 is 6.43. The highest BCUT2D eigenvalue weighted by Gasteiger charge is 2.25. The third-order valence-corrected chi connectivity index (χ3v) is 5.03. The zero-order valence-electron chi connectivity index (χ0n) is 14.0. The second kappa shape index (κ2) is 6.62. The lowest BCUT2D eigenvalue weighted by Gasteiger charge is -2.27. The molecule has 0 radical (unpaired) electrons. The van der Waals surface area contributed by atoms with E-state index < -0.39 is 0 Å². The van der Waals surface area contributed by atoms with Crippen molar-refractivity contribution in [1.82, 2.24) is 14.7 Å². The molecule has 0 bridgehead atoms. The van der Waals surface area contributed by atoms with Crippen LogP contribution in [0.2, 0.25) is 5.15 Å². The number of aromatic nitrogens is 2. The Morgan fingerprint density at radius 2 is 1.96 bits per heavy atom. The molecule has 0 saturated carbocycles. The molecule has 0 aliphatic carbocycles. The van der Waals surface area contributed by atoms with Gasteiger partial charge in [0.15, 0.2) is 5.15 Å². The standard InChI is InChI=1S/C20H19ClFN3/c1-14-11-16(22)7-8-18(14)25-19-9-10-24(13-17(19)20(21)23-25)12-15-5-3-2-4-6-15/h2-8,11H,9-10,12-13H2,1H3. The van der Waals surface area contributed by atoms with Crippen molar-refractivity contribution in [3.63, 3.8) is 0 Å². The Labute approximate surface area is 151 Å². The molecule has 0 atom stereocenters. The molecule has 0 spiro atoms. The molecule has 0 saturated heterocycles. The zero-order valence-corrected chi connectivity index (χ0v) is 14.8. The number of benzene rings is 2. The van der Waals surface area contributed by atoms with Gasteiger partial charge in [0.1, 0.15) is 5.82 Å². The van der Waals surface area contributed by atoms with Crippen LogP contribution in [0.3, 0.4) is 0 Å². The second-order valence-electron chi connectivity index (χ2n) is 6.50. The van der Waals surface area contributed by atoms with Gasteiger partial charge in [-0.2, -0.15) is 5.10 Å². The van der Waals surface area contributed by atoms with Gasteiger partial charge < -0.3 is 0 Å². The number of rotatable bonds is 3. The molecule has 4 rings (SSSR count). The summed E-state index contributed by atoms with van der Waals surface area (Å²) in [4.78, 5) is 2.38. The normalized spacial score (nSPS) is 14.5. The summed E-state index contributed by atoms with van der Waals surface area (Å²) in [5, 5.41) is 5.07. The van der Waals surface area contributed by atoms with Crippen LogP contribution in [0.25, 0.3) is 5.69 Å². The smallest absolute Gasteiger partial charge is 0.156 e. The van der Waals surface area contributed by atoms with E-state index in [0.29, 0.717) is 5.15 Å². The lowest BCUT2D eigenvalue weighted by molar-refractivity contribution is 0.244. The van der Waals surface area contributed by atoms with Crippen molar-refractivity contribution in [3.05, 3.63) is 81.9 Å². The Morgan fingerprint density at radius 3 is 2.72 bits per heavy atom. The first-order chi connectivity index (χ1) is 12.1. The number of nitrogens with zero attached hydrogens (tertiary/aromatic N) is 3. The summed E-state index contributed by atoms with van der Waals surface area (Å²) in [6, 6.07) is 15.2. The van der Waals surface area contributed by atoms with Gasteiger partial charge in [0.2, 0.25) is 0 Å². The van der Waals surface area contributed by atoms with Gasteiger partial charge in [-0.05, 0) is 36.2 Å². The minimum Gasteiger partial charge on any atom is -0.294 e. The van der Waals surface area contributed by atoms with Crippen LogP contribution in [-0.4, -0.2) is 21.2 Å². The molecule has 0 unspecified atom stereocenters. The molecular weight excluding hydrogens is 337 g/mol. The summed E-state index contributed by atoms with van der Waals surface area (Å²) in [6.07, 6.45) is 0.874. The second-order valence-corrected chi connectivity index (χ2v) is 6.86. The predicted molar refractivity (Wildman–Crippen MR) is 97.5 cm³/mol. The van der Waals surface area contributed by atoms with Crippen LogP contribution in [0.4, 0.5) is 4.39 Å². The lowest BCUT2D eigenvalue weighted by Crippen LogP contribution is -2.30. The van der Waals surface area contributed by atoms with Crippen molar-refractivity contribution < 1.29 is 4.39 Å². The van der Waals surface area contributed by atoms with Crippen LogP contribution in [0.15, 0.2) is 48.5 Å². The monoisotopic (exact) mass is 355 g/mol. The maximum absolute atomic E-state index is 13.4. The minimum absolute atomic E-state index is 0.234. The maximum atomic E-state index is 13.4.